The maximum absolute atomic E-state index is 6.01. The standard InChI is InChI=1S/C18H20ClNO/c1-2-9-20-18(13-5-7-17(19)8-6-13)14-3-4-15-11-21-12-16(15)10-14/h3-8,10,18,20H,2,9,11-12H2,1H3. The molecule has 0 radical (unpaired) electrons. The van der Waals surface area contributed by atoms with Crippen molar-refractivity contribution in [1.82, 2.24) is 5.32 Å². The Balaban J connectivity index is 1.93. The quantitative estimate of drug-likeness (QED) is 0.880. The molecule has 1 atom stereocenters. The molecule has 2 aromatic rings. The second kappa shape index (κ2) is 6.61. The van der Waals surface area contributed by atoms with E-state index in [0.717, 1.165) is 31.2 Å². The molecule has 0 aliphatic carbocycles. The number of halogens is 1. The van der Waals surface area contributed by atoms with E-state index >= 15 is 0 Å². The average molecular weight is 302 g/mol. The Labute approximate surface area is 131 Å². The molecule has 2 nitrogen and oxygen atoms in total. The second-order valence-electron chi connectivity index (χ2n) is 5.46. The van der Waals surface area contributed by atoms with Crippen LogP contribution in [0.25, 0.3) is 0 Å². The van der Waals surface area contributed by atoms with Gasteiger partial charge in [-0.05, 0) is 47.4 Å². The lowest BCUT2D eigenvalue weighted by Crippen LogP contribution is -2.23. The fourth-order valence-electron chi connectivity index (χ4n) is 2.74. The van der Waals surface area contributed by atoms with Crippen LogP contribution in [0.3, 0.4) is 0 Å². The third-order valence-corrected chi connectivity index (χ3v) is 4.13. The summed E-state index contributed by atoms with van der Waals surface area (Å²) in [5.41, 5.74) is 5.15. The van der Waals surface area contributed by atoms with Gasteiger partial charge in [0, 0.05) is 5.02 Å². The van der Waals surface area contributed by atoms with Crippen LogP contribution in [0.4, 0.5) is 0 Å². The molecule has 2 aromatic carbocycles. The van der Waals surface area contributed by atoms with Crippen molar-refractivity contribution in [1.29, 1.82) is 0 Å². The highest BCUT2D eigenvalue weighted by molar-refractivity contribution is 6.30. The molecule has 0 spiro atoms. The zero-order valence-corrected chi connectivity index (χ0v) is 13.0. The van der Waals surface area contributed by atoms with E-state index in [-0.39, 0.29) is 6.04 Å². The van der Waals surface area contributed by atoms with E-state index in [1.54, 1.807) is 0 Å². The Bertz CT molecular complexity index is 609. The van der Waals surface area contributed by atoms with Crippen molar-refractivity contribution in [3.05, 3.63) is 69.7 Å². The van der Waals surface area contributed by atoms with E-state index in [9.17, 15) is 0 Å². The van der Waals surface area contributed by atoms with Gasteiger partial charge in [-0.1, -0.05) is 48.9 Å². The minimum atomic E-state index is 0.202. The van der Waals surface area contributed by atoms with Crippen molar-refractivity contribution in [2.75, 3.05) is 6.54 Å². The Morgan fingerprint density at radius 3 is 2.52 bits per heavy atom. The average Bonchev–Trinajstić information content (AvgIpc) is 2.97. The van der Waals surface area contributed by atoms with Gasteiger partial charge in [0.1, 0.15) is 0 Å². The zero-order chi connectivity index (χ0) is 14.7. The van der Waals surface area contributed by atoms with Gasteiger partial charge in [-0.3, -0.25) is 0 Å². The number of fused-ring (bicyclic) bond motifs is 1. The zero-order valence-electron chi connectivity index (χ0n) is 12.2. The second-order valence-corrected chi connectivity index (χ2v) is 5.90. The van der Waals surface area contributed by atoms with Crippen molar-refractivity contribution in [2.24, 2.45) is 0 Å². The predicted octanol–water partition coefficient (Wildman–Crippen LogP) is 4.46. The third kappa shape index (κ3) is 3.29. The molecule has 0 aromatic heterocycles. The van der Waals surface area contributed by atoms with E-state index in [1.807, 2.05) is 12.1 Å². The van der Waals surface area contributed by atoms with E-state index in [1.165, 1.54) is 22.3 Å². The Hall–Kier alpha value is -1.35. The van der Waals surface area contributed by atoms with Crippen LogP contribution in [0.2, 0.25) is 5.02 Å². The molecule has 1 heterocycles. The van der Waals surface area contributed by atoms with Crippen molar-refractivity contribution in [3.8, 4) is 0 Å². The normalized spacial score (nSPS) is 15.0. The van der Waals surface area contributed by atoms with Crippen LogP contribution in [-0.2, 0) is 18.0 Å². The first-order valence-corrected chi connectivity index (χ1v) is 7.84. The monoisotopic (exact) mass is 301 g/mol. The van der Waals surface area contributed by atoms with Gasteiger partial charge in [-0.25, -0.2) is 0 Å². The van der Waals surface area contributed by atoms with Gasteiger partial charge in [-0.15, -0.1) is 0 Å². The highest BCUT2D eigenvalue weighted by Gasteiger charge is 2.17. The minimum absolute atomic E-state index is 0.202. The number of benzene rings is 2. The first-order valence-electron chi connectivity index (χ1n) is 7.46. The molecule has 3 heteroatoms. The molecular formula is C18H20ClNO. The van der Waals surface area contributed by atoms with Crippen LogP contribution in [0.5, 0.6) is 0 Å². The Morgan fingerprint density at radius 1 is 1.05 bits per heavy atom. The molecule has 1 N–H and O–H groups in total. The first-order chi connectivity index (χ1) is 10.3. The van der Waals surface area contributed by atoms with E-state index in [2.05, 4.69) is 42.6 Å². The van der Waals surface area contributed by atoms with E-state index in [0.29, 0.717) is 0 Å². The summed E-state index contributed by atoms with van der Waals surface area (Å²) in [7, 11) is 0. The van der Waals surface area contributed by atoms with Gasteiger partial charge in [0.2, 0.25) is 0 Å². The molecule has 0 saturated carbocycles. The maximum atomic E-state index is 6.01. The van der Waals surface area contributed by atoms with Crippen molar-refractivity contribution in [2.45, 2.75) is 32.6 Å². The van der Waals surface area contributed by atoms with Crippen molar-refractivity contribution < 1.29 is 4.74 Å². The molecule has 0 bridgehead atoms. The summed E-state index contributed by atoms with van der Waals surface area (Å²) < 4.78 is 5.51. The van der Waals surface area contributed by atoms with Gasteiger partial charge in [-0.2, -0.15) is 0 Å². The van der Waals surface area contributed by atoms with Crippen LogP contribution in [0, 0.1) is 0 Å². The number of hydrogen-bond donors (Lipinski definition) is 1. The lowest BCUT2D eigenvalue weighted by molar-refractivity contribution is 0.134. The fraction of sp³-hybridized carbons (Fsp3) is 0.333. The largest absolute Gasteiger partial charge is 0.372 e. The summed E-state index contributed by atoms with van der Waals surface area (Å²) in [5, 5.41) is 4.40. The Morgan fingerprint density at radius 2 is 1.76 bits per heavy atom. The summed E-state index contributed by atoms with van der Waals surface area (Å²) in [6, 6.07) is 15.0. The van der Waals surface area contributed by atoms with Crippen LogP contribution in [0.1, 0.15) is 41.6 Å². The molecule has 0 fully saturated rings. The van der Waals surface area contributed by atoms with Gasteiger partial charge in [0.25, 0.3) is 0 Å². The Kier molecular flexibility index (Phi) is 4.59. The first kappa shape index (κ1) is 14.6. The van der Waals surface area contributed by atoms with Crippen molar-refractivity contribution >= 4 is 11.6 Å². The molecule has 1 unspecified atom stereocenters. The van der Waals surface area contributed by atoms with Gasteiger partial charge in [0.05, 0.1) is 19.3 Å². The van der Waals surface area contributed by atoms with E-state index in [4.69, 9.17) is 16.3 Å². The number of hydrogen-bond acceptors (Lipinski definition) is 2. The molecule has 1 aliphatic rings. The van der Waals surface area contributed by atoms with Crippen LogP contribution < -0.4 is 5.32 Å². The highest BCUT2D eigenvalue weighted by Crippen LogP contribution is 2.28. The van der Waals surface area contributed by atoms with Gasteiger partial charge < -0.3 is 10.1 Å². The number of rotatable bonds is 5. The molecule has 0 saturated heterocycles. The lowest BCUT2D eigenvalue weighted by Gasteiger charge is -2.20. The smallest absolute Gasteiger partial charge is 0.0725 e. The van der Waals surface area contributed by atoms with E-state index < -0.39 is 0 Å². The predicted molar refractivity (Wildman–Crippen MR) is 86.5 cm³/mol. The SMILES string of the molecule is CCCNC(c1ccc(Cl)cc1)c1ccc2c(c1)COC2. The van der Waals surface area contributed by atoms with Crippen LogP contribution >= 0.6 is 11.6 Å². The third-order valence-electron chi connectivity index (χ3n) is 3.88. The molecule has 3 rings (SSSR count). The molecule has 110 valence electrons. The lowest BCUT2D eigenvalue weighted by atomic mass is 9.95. The van der Waals surface area contributed by atoms with Gasteiger partial charge in [0.15, 0.2) is 0 Å². The topological polar surface area (TPSA) is 21.3 Å². The molecule has 21 heavy (non-hydrogen) atoms. The summed E-state index contributed by atoms with van der Waals surface area (Å²) in [4.78, 5) is 0. The highest BCUT2D eigenvalue weighted by atomic mass is 35.5. The number of nitrogens with one attached hydrogen (secondary N) is 1. The van der Waals surface area contributed by atoms with Crippen LogP contribution in [-0.4, -0.2) is 6.54 Å². The van der Waals surface area contributed by atoms with Gasteiger partial charge >= 0.3 is 0 Å². The summed E-state index contributed by atoms with van der Waals surface area (Å²) in [5.74, 6) is 0. The number of ether oxygens (including phenoxy) is 1. The molecular weight excluding hydrogens is 282 g/mol. The molecule has 1 aliphatic heterocycles. The van der Waals surface area contributed by atoms with Crippen LogP contribution in [0.15, 0.2) is 42.5 Å². The fourth-order valence-corrected chi connectivity index (χ4v) is 2.87. The molecule has 0 amide bonds. The summed E-state index contributed by atoms with van der Waals surface area (Å²) in [6.45, 7) is 4.64. The summed E-state index contributed by atoms with van der Waals surface area (Å²) in [6.07, 6.45) is 1.11. The minimum Gasteiger partial charge on any atom is -0.372 e. The summed E-state index contributed by atoms with van der Waals surface area (Å²) >= 11 is 6.01. The maximum Gasteiger partial charge on any atom is 0.0725 e. The van der Waals surface area contributed by atoms with Crippen molar-refractivity contribution in [3.63, 3.8) is 0 Å².